The van der Waals surface area contributed by atoms with Crippen molar-refractivity contribution in [2.45, 2.75) is 28.7 Å². The standard InChI is InChI=1S/2C11H9NO.2CH4/c1-7-11-9(6-12-7)8-4-2-3-5-10(8)13-11;1-7-11-8-4-2-3-5-9(8)13-10(11)6-12-7;;/h2*2-6,12H,1H3;2*1H4. The van der Waals surface area contributed by atoms with E-state index in [4.69, 9.17) is 8.83 Å². The highest BCUT2D eigenvalue weighted by Gasteiger charge is 2.09. The van der Waals surface area contributed by atoms with Gasteiger partial charge in [-0.1, -0.05) is 51.3 Å². The minimum Gasteiger partial charge on any atom is -0.454 e. The molecule has 2 aromatic carbocycles. The minimum absolute atomic E-state index is 0. The molecule has 6 aromatic rings. The van der Waals surface area contributed by atoms with Gasteiger partial charge in [0.05, 0.1) is 5.69 Å². The SMILES string of the molecule is C.C.Cc1[nH]cc2c1oc1ccccc12.Cc1[nH]cc2oc3ccccc3c12. The van der Waals surface area contributed by atoms with E-state index in [-0.39, 0.29) is 14.9 Å². The summed E-state index contributed by atoms with van der Waals surface area (Å²) in [6.07, 6.45) is 3.90. The van der Waals surface area contributed by atoms with Crippen LogP contribution in [0.2, 0.25) is 0 Å². The number of aromatic nitrogens is 2. The van der Waals surface area contributed by atoms with Crippen LogP contribution < -0.4 is 0 Å². The Bertz CT molecular complexity index is 1360. The van der Waals surface area contributed by atoms with Gasteiger partial charge in [0.2, 0.25) is 0 Å². The lowest BCUT2D eigenvalue weighted by molar-refractivity contribution is 0.665. The highest BCUT2D eigenvalue weighted by Crippen LogP contribution is 2.31. The van der Waals surface area contributed by atoms with Gasteiger partial charge in [-0.25, -0.2) is 0 Å². The second-order valence-corrected chi connectivity index (χ2v) is 6.51. The maximum absolute atomic E-state index is 5.69. The zero-order valence-corrected chi connectivity index (χ0v) is 14.6. The molecule has 0 fully saturated rings. The molecule has 0 saturated carbocycles. The highest BCUT2D eigenvalue weighted by molar-refractivity contribution is 6.06. The maximum Gasteiger partial charge on any atom is 0.155 e. The third kappa shape index (κ3) is 2.87. The fourth-order valence-corrected chi connectivity index (χ4v) is 3.53. The molecule has 4 heterocycles. The second kappa shape index (κ2) is 7.31. The number of aromatic amines is 2. The number of para-hydroxylation sites is 2. The molecule has 0 saturated heterocycles. The Labute approximate surface area is 164 Å². The van der Waals surface area contributed by atoms with E-state index < -0.39 is 0 Å². The average Bonchev–Trinajstić information content (AvgIpc) is 3.39. The zero-order valence-electron chi connectivity index (χ0n) is 14.6. The Hall–Kier alpha value is -3.40. The van der Waals surface area contributed by atoms with Gasteiger partial charge in [0.15, 0.2) is 11.2 Å². The molecule has 2 N–H and O–H groups in total. The van der Waals surface area contributed by atoms with Crippen molar-refractivity contribution in [1.82, 2.24) is 9.97 Å². The number of benzene rings is 2. The Kier molecular flexibility index (Phi) is 5.06. The summed E-state index contributed by atoms with van der Waals surface area (Å²) >= 11 is 0. The number of H-pyrrole nitrogens is 2. The van der Waals surface area contributed by atoms with E-state index in [1.165, 1.54) is 27.2 Å². The van der Waals surface area contributed by atoms with Crippen LogP contribution in [0.4, 0.5) is 0 Å². The Morgan fingerprint density at radius 1 is 0.607 bits per heavy atom. The highest BCUT2D eigenvalue weighted by atomic mass is 16.3. The fraction of sp³-hybridized carbons (Fsp3) is 0.167. The minimum atomic E-state index is 0. The number of furan rings is 2. The van der Waals surface area contributed by atoms with Crippen LogP contribution in [0.25, 0.3) is 43.9 Å². The van der Waals surface area contributed by atoms with Crippen molar-refractivity contribution >= 4 is 43.9 Å². The van der Waals surface area contributed by atoms with Gasteiger partial charge < -0.3 is 18.8 Å². The van der Waals surface area contributed by atoms with Crippen LogP contribution >= 0.6 is 0 Å². The van der Waals surface area contributed by atoms with E-state index in [0.717, 1.165) is 28.0 Å². The van der Waals surface area contributed by atoms with Crippen molar-refractivity contribution in [1.29, 1.82) is 0 Å². The van der Waals surface area contributed by atoms with Gasteiger partial charge in [0.1, 0.15) is 11.2 Å². The Morgan fingerprint density at radius 3 is 1.96 bits per heavy atom. The lowest BCUT2D eigenvalue weighted by atomic mass is 10.2. The molecule has 6 rings (SSSR count). The number of aryl methyl sites for hydroxylation is 2. The molecule has 0 aliphatic heterocycles. The number of rotatable bonds is 0. The lowest BCUT2D eigenvalue weighted by Crippen LogP contribution is -1.68. The molecule has 0 spiro atoms. The summed E-state index contributed by atoms with van der Waals surface area (Å²) in [5.41, 5.74) is 6.10. The summed E-state index contributed by atoms with van der Waals surface area (Å²) < 4.78 is 11.3. The van der Waals surface area contributed by atoms with Gasteiger partial charge in [-0.05, 0) is 26.0 Å². The molecule has 0 bridgehead atoms. The van der Waals surface area contributed by atoms with Gasteiger partial charge in [0, 0.05) is 39.6 Å². The Morgan fingerprint density at radius 2 is 1.21 bits per heavy atom. The van der Waals surface area contributed by atoms with Gasteiger partial charge in [0.25, 0.3) is 0 Å². The predicted octanol–water partition coefficient (Wildman–Crippen LogP) is 7.72. The molecule has 4 nitrogen and oxygen atoms in total. The molecule has 0 unspecified atom stereocenters. The molecule has 4 heteroatoms. The molecule has 0 radical (unpaired) electrons. The number of fused-ring (bicyclic) bond motifs is 6. The third-order valence-electron chi connectivity index (χ3n) is 4.82. The predicted molar refractivity (Wildman–Crippen MR) is 119 cm³/mol. The quantitative estimate of drug-likeness (QED) is 0.286. The van der Waals surface area contributed by atoms with Crippen LogP contribution in [0.1, 0.15) is 26.2 Å². The number of hydrogen-bond donors (Lipinski definition) is 2. The molecule has 28 heavy (non-hydrogen) atoms. The van der Waals surface area contributed by atoms with Crippen LogP contribution in [0.5, 0.6) is 0 Å². The first-order valence-electron chi connectivity index (χ1n) is 8.63. The van der Waals surface area contributed by atoms with Crippen LogP contribution in [-0.2, 0) is 0 Å². The molecule has 144 valence electrons. The van der Waals surface area contributed by atoms with E-state index in [1.807, 2.05) is 55.7 Å². The smallest absolute Gasteiger partial charge is 0.155 e. The molecular formula is C24H26N2O2. The van der Waals surface area contributed by atoms with E-state index in [9.17, 15) is 0 Å². The normalized spacial score (nSPS) is 10.6. The van der Waals surface area contributed by atoms with Crippen LogP contribution in [0.15, 0.2) is 69.8 Å². The molecule has 0 atom stereocenters. The van der Waals surface area contributed by atoms with Gasteiger partial charge in [-0.2, -0.15) is 0 Å². The summed E-state index contributed by atoms with van der Waals surface area (Å²) in [5, 5.41) is 4.75. The Balaban J connectivity index is 0.000000150. The van der Waals surface area contributed by atoms with Crippen LogP contribution in [0, 0.1) is 13.8 Å². The third-order valence-corrected chi connectivity index (χ3v) is 4.82. The second-order valence-electron chi connectivity index (χ2n) is 6.51. The first kappa shape index (κ1) is 19.4. The lowest BCUT2D eigenvalue weighted by Gasteiger charge is -1.87. The molecular weight excluding hydrogens is 348 g/mol. The van der Waals surface area contributed by atoms with Crippen molar-refractivity contribution < 1.29 is 8.83 Å². The van der Waals surface area contributed by atoms with E-state index >= 15 is 0 Å². The zero-order chi connectivity index (χ0) is 17.7. The van der Waals surface area contributed by atoms with Crippen molar-refractivity contribution in [3.8, 4) is 0 Å². The molecule has 0 amide bonds. The monoisotopic (exact) mass is 374 g/mol. The van der Waals surface area contributed by atoms with E-state index in [1.54, 1.807) is 0 Å². The van der Waals surface area contributed by atoms with Crippen LogP contribution in [-0.4, -0.2) is 9.97 Å². The summed E-state index contributed by atoms with van der Waals surface area (Å²) in [4.78, 5) is 6.31. The van der Waals surface area contributed by atoms with Crippen LogP contribution in [0.3, 0.4) is 0 Å². The molecule has 0 aliphatic carbocycles. The first-order valence-corrected chi connectivity index (χ1v) is 8.63. The van der Waals surface area contributed by atoms with Crippen molar-refractivity contribution in [2.24, 2.45) is 0 Å². The van der Waals surface area contributed by atoms with Gasteiger partial charge in [-0.15, -0.1) is 0 Å². The van der Waals surface area contributed by atoms with E-state index in [0.29, 0.717) is 0 Å². The number of hydrogen-bond acceptors (Lipinski definition) is 2. The van der Waals surface area contributed by atoms with Crippen molar-refractivity contribution in [2.75, 3.05) is 0 Å². The topological polar surface area (TPSA) is 57.9 Å². The van der Waals surface area contributed by atoms with Gasteiger partial charge >= 0.3 is 0 Å². The molecule has 0 aliphatic rings. The van der Waals surface area contributed by atoms with Crippen molar-refractivity contribution in [3.63, 3.8) is 0 Å². The maximum atomic E-state index is 5.69. The number of nitrogens with one attached hydrogen (secondary N) is 2. The van der Waals surface area contributed by atoms with Crippen molar-refractivity contribution in [3.05, 3.63) is 72.3 Å². The summed E-state index contributed by atoms with van der Waals surface area (Å²) in [7, 11) is 0. The average molecular weight is 374 g/mol. The first-order chi connectivity index (χ1) is 12.7. The summed E-state index contributed by atoms with van der Waals surface area (Å²) in [5.74, 6) is 0. The fourth-order valence-electron chi connectivity index (χ4n) is 3.53. The largest absolute Gasteiger partial charge is 0.454 e. The summed E-state index contributed by atoms with van der Waals surface area (Å²) in [6, 6.07) is 16.2. The molecule has 4 aromatic heterocycles. The van der Waals surface area contributed by atoms with Gasteiger partial charge in [-0.3, -0.25) is 0 Å². The summed E-state index contributed by atoms with van der Waals surface area (Å²) in [6.45, 7) is 4.08. The van der Waals surface area contributed by atoms with E-state index in [2.05, 4.69) is 29.0 Å².